The van der Waals surface area contributed by atoms with Crippen LogP contribution in [-0.2, 0) is 4.79 Å². The van der Waals surface area contributed by atoms with Crippen LogP contribution in [0.4, 0.5) is 11.4 Å². The quantitative estimate of drug-likeness (QED) is 0.604. The van der Waals surface area contributed by atoms with Crippen molar-refractivity contribution in [3.05, 3.63) is 66.6 Å². The van der Waals surface area contributed by atoms with E-state index in [9.17, 15) is 9.59 Å². The standard InChI is InChI=1S/C21H20N2O6/c1-26-15-5-3-6-16(12-15)29-13-20(24)22-14-8-9-18(27-2)17(11-14)23-21(25)19-7-4-10-28-19/h3-12H,13H2,1-2H3,(H,22,24)(H,23,25). The van der Waals surface area contributed by atoms with Crippen LogP contribution < -0.4 is 24.8 Å². The molecule has 2 aromatic carbocycles. The van der Waals surface area contributed by atoms with Crippen LogP contribution in [-0.4, -0.2) is 32.6 Å². The van der Waals surface area contributed by atoms with E-state index in [1.807, 2.05) is 0 Å². The fraction of sp³-hybridized carbons (Fsp3) is 0.143. The molecule has 0 radical (unpaired) electrons. The third kappa shape index (κ3) is 5.29. The van der Waals surface area contributed by atoms with Crippen molar-refractivity contribution < 1.29 is 28.2 Å². The smallest absolute Gasteiger partial charge is 0.291 e. The molecule has 0 saturated carbocycles. The first-order chi connectivity index (χ1) is 14.1. The first-order valence-electron chi connectivity index (χ1n) is 8.68. The van der Waals surface area contributed by atoms with Gasteiger partial charge in [-0.05, 0) is 42.5 Å². The number of carbonyl (C=O) groups excluding carboxylic acids is 2. The molecule has 0 saturated heterocycles. The first kappa shape index (κ1) is 19.8. The Morgan fingerprint density at radius 1 is 0.931 bits per heavy atom. The summed E-state index contributed by atoms with van der Waals surface area (Å²) < 4.78 is 20.9. The lowest BCUT2D eigenvalue weighted by Crippen LogP contribution is -2.20. The average molecular weight is 396 g/mol. The Balaban J connectivity index is 1.64. The van der Waals surface area contributed by atoms with Gasteiger partial charge >= 0.3 is 0 Å². The summed E-state index contributed by atoms with van der Waals surface area (Å²) in [5, 5.41) is 5.41. The fourth-order valence-corrected chi connectivity index (χ4v) is 2.51. The van der Waals surface area contributed by atoms with Crippen LogP contribution in [0.1, 0.15) is 10.6 Å². The third-order valence-electron chi connectivity index (χ3n) is 3.89. The molecule has 1 aromatic heterocycles. The monoisotopic (exact) mass is 396 g/mol. The predicted octanol–water partition coefficient (Wildman–Crippen LogP) is 3.57. The third-order valence-corrected chi connectivity index (χ3v) is 3.89. The van der Waals surface area contributed by atoms with Gasteiger partial charge in [0.2, 0.25) is 0 Å². The van der Waals surface area contributed by atoms with Crippen LogP contribution in [0.2, 0.25) is 0 Å². The van der Waals surface area contributed by atoms with Crippen molar-refractivity contribution >= 4 is 23.2 Å². The van der Waals surface area contributed by atoms with Crippen molar-refractivity contribution in [1.29, 1.82) is 0 Å². The number of anilines is 2. The molecule has 0 aliphatic carbocycles. The zero-order valence-electron chi connectivity index (χ0n) is 15.9. The number of amides is 2. The van der Waals surface area contributed by atoms with Gasteiger partial charge in [-0.15, -0.1) is 0 Å². The number of methoxy groups -OCH3 is 2. The van der Waals surface area contributed by atoms with Crippen molar-refractivity contribution in [3.63, 3.8) is 0 Å². The number of hydrogen-bond acceptors (Lipinski definition) is 6. The lowest BCUT2D eigenvalue weighted by molar-refractivity contribution is -0.118. The summed E-state index contributed by atoms with van der Waals surface area (Å²) in [7, 11) is 3.04. The fourth-order valence-electron chi connectivity index (χ4n) is 2.51. The Kier molecular flexibility index (Phi) is 6.36. The molecule has 150 valence electrons. The Morgan fingerprint density at radius 2 is 1.76 bits per heavy atom. The first-order valence-corrected chi connectivity index (χ1v) is 8.68. The maximum absolute atomic E-state index is 12.2. The van der Waals surface area contributed by atoms with Crippen molar-refractivity contribution in [1.82, 2.24) is 0 Å². The van der Waals surface area contributed by atoms with Gasteiger partial charge in [0.1, 0.15) is 17.2 Å². The van der Waals surface area contributed by atoms with E-state index in [1.165, 1.54) is 13.4 Å². The highest BCUT2D eigenvalue weighted by molar-refractivity contribution is 6.03. The SMILES string of the molecule is COc1cccc(OCC(=O)Nc2ccc(OC)c(NC(=O)c3ccco3)c2)c1. The van der Waals surface area contributed by atoms with Crippen molar-refractivity contribution in [2.24, 2.45) is 0 Å². The maximum Gasteiger partial charge on any atom is 0.291 e. The van der Waals surface area contributed by atoms with E-state index in [2.05, 4.69) is 10.6 Å². The lowest BCUT2D eigenvalue weighted by atomic mass is 10.2. The molecular weight excluding hydrogens is 376 g/mol. The zero-order valence-corrected chi connectivity index (χ0v) is 15.9. The van der Waals surface area contributed by atoms with E-state index in [4.69, 9.17) is 18.6 Å². The van der Waals surface area contributed by atoms with Gasteiger partial charge in [-0.25, -0.2) is 0 Å². The molecule has 8 heteroatoms. The van der Waals surface area contributed by atoms with Crippen LogP contribution in [0.3, 0.4) is 0 Å². The van der Waals surface area contributed by atoms with Crippen LogP contribution >= 0.6 is 0 Å². The van der Waals surface area contributed by atoms with Gasteiger partial charge in [-0.3, -0.25) is 9.59 Å². The minimum Gasteiger partial charge on any atom is -0.497 e. The van der Waals surface area contributed by atoms with Gasteiger partial charge in [0.15, 0.2) is 12.4 Å². The topological polar surface area (TPSA) is 99.0 Å². The minimum absolute atomic E-state index is 0.160. The normalized spacial score (nSPS) is 10.1. The number of ether oxygens (including phenoxy) is 3. The van der Waals surface area contributed by atoms with Crippen LogP contribution in [0.15, 0.2) is 65.3 Å². The van der Waals surface area contributed by atoms with Crippen molar-refractivity contribution in [2.75, 3.05) is 31.5 Å². The van der Waals surface area contributed by atoms with E-state index in [1.54, 1.807) is 61.7 Å². The Labute approximate surface area is 167 Å². The van der Waals surface area contributed by atoms with Gasteiger partial charge < -0.3 is 29.3 Å². The number of rotatable bonds is 8. The number of nitrogens with one attached hydrogen (secondary N) is 2. The second-order valence-electron chi connectivity index (χ2n) is 5.86. The molecule has 0 unspecified atom stereocenters. The average Bonchev–Trinajstić information content (AvgIpc) is 3.28. The summed E-state index contributed by atoms with van der Waals surface area (Å²) >= 11 is 0. The number of furan rings is 1. The zero-order chi connectivity index (χ0) is 20.6. The highest BCUT2D eigenvalue weighted by Crippen LogP contribution is 2.28. The molecule has 2 N–H and O–H groups in total. The molecule has 29 heavy (non-hydrogen) atoms. The summed E-state index contributed by atoms with van der Waals surface area (Å²) in [4.78, 5) is 24.4. The van der Waals surface area contributed by atoms with E-state index in [0.29, 0.717) is 28.6 Å². The van der Waals surface area contributed by atoms with Gasteiger partial charge in [0.25, 0.3) is 11.8 Å². The lowest BCUT2D eigenvalue weighted by Gasteiger charge is -2.13. The molecular formula is C21H20N2O6. The molecule has 3 aromatic rings. The summed E-state index contributed by atoms with van der Waals surface area (Å²) in [5.74, 6) is 0.957. The molecule has 2 amide bonds. The molecule has 0 bridgehead atoms. The van der Waals surface area contributed by atoms with Crippen LogP contribution in [0.25, 0.3) is 0 Å². The van der Waals surface area contributed by atoms with Gasteiger partial charge in [0.05, 0.1) is 26.2 Å². The minimum atomic E-state index is -0.432. The Morgan fingerprint density at radius 3 is 2.48 bits per heavy atom. The number of hydrogen-bond donors (Lipinski definition) is 2. The van der Waals surface area contributed by atoms with Crippen LogP contribution in [0.5, 0.6) is 17.2 Å². The Bertz CT molecular complexity index is 985. The summed E-state index contributed by atoms with van der Waals surface area (Å²) in [5.41, 5.74) is 0.861. The molecule has 0 aliphatic heterocycles. The molecule has 1 heterocycles. The van der Waals surface area contributed by atoms with E-state index in [-0.39, 0.29) is 18.3 Å². The second-order valence-corrected chi connectivity index (χ2v) is 5.86. The largest absolute Gasteiger partial charge is 0.497 e. The Hall–Kier alpha value is -3.94. The summed E-state index contributed by atoms with van der Waals surface area (Å²) in [6.45, 7) is -0.187. The maximum atomic E-state index is 12.2. The predicted molar refractivity (Wildman–Crippen MR) is 107 cm³/mol. The van der Waals surface area contributed by atoms with E-state index < -0.39 is 5.91 Å². The van der Waals surface area contributed by atoms with Gasteiger partial charge in [-0.1, -0.05) is 6.07 Å². The van der Waals surface area contributed by atoms with Gasteiger partial charge in [0, 0.05) is 11.8 Å². The van der Waals surface area contributed by atoms with Gasteiger partial charge in [-0.2, -0.15) is 0 Å². The number of carbonyl (C=O) groups is 2. The molecule has 3 rings (SSSR count). The molecule has 0 fully saturated rings. The van der Waals surface area contributed by atoms with E-state index >= 15 is 0 Å². The molecule has 0 spiro atoms. The highest BCUT2D eigenvalue weighted by Gasteiger charge is 2.13. The summed E-state index contributed by atoms with van der Waals surface area (Å²) in [6, 6.07) is 15.0. The summed E-state index contributed by atoms with van der Waals surface area (Å²) in [6.07, 6.45) is 1.41. The van der Waals surface area contributed by atoms with Crippen LogP contribution in [0, 0.1) is 0 Å². The number of benzene rings is 2. The van der Waals surface area contributed by atoms with E-state index in [0.717, 1.165) is 0 Å². The second kappa shape index (κ2) is 9.32. The molecule has 0 atom stereocenters. The van der Waals surface area contributed by atoms with Crippen molar-refractivity contribution in [2.45, 2.75) is 0 Å². The molecule has 8 nitrogen and oxygen atoms in total. The molecule has 0 aliphatic rings. The highest BCUT2D eigenvalue weighted by atomic mass is 16.5. The van der Waals surface area contributed by atoms with Crippen molar-refractivity contribution in [3.8, 4) is 17.2 Å².